The van der Waals surface area contributed by atoms with Crippen LogP contribution in [-0.4, -0.2) is 45.9 Å². The predicted octanol–water partition coefficient (Wildman–Crippen LogP) is 2.46. The molecular weight excluding hydrogens is 422 g/mol. The molecule has 1 aliphatic heterocycles. The normalized spacial score (nSPS) is 12.9. The van der Waals surface area contributed by atoms with Gasteiger partial charge in [0, 0.05) is 16.8 Å². The highest BCUT2D eigenvalue weighted by Gasteiger charge is 2.21. The minimum Gasteiger partial charge on any atom is -0.486 e. The Balaban J connectivity index is 1.48. The Labute approximate surface area is 172 Å². The first-order valence-corrected chi connectivity index (χ1v) is 10.7. The Bertz CT molecular complexity index is 1020. The molecule has 8 nitrogen and oxygen atoms in total. The Kier molecular flexibility index (Phi) is 6.60. The summed E-state index contributed by atoms with van der Waals surface area (Å²) in [7, 11) is -3.73. The Morgan fingerprint density at radius 1 is 1.07 bits per heavy atom. The summed E-state index contributed by atoms with van der Waals surface area (Å²) in [5.41, 5.74) is 0.458. The van der Waals surface area contributed by atoms with Crippen molar-refractivity contribution in [3.05, 3.63) is 47.5 Å². The highest BCUT2D eigenvalue weighted by atomic mass is 35.5. The molecule has 0 radical (unpaired) electrons. The van der Waals surface area contributed by atoms with E-state index >= 15 is 0 Å². The molecule has 1 heterocycles. The van der Waals surface area contributed by atoms with Crippen LogP contribution >= 0.6 is 11.6 Å². The first kappa shape index (κ1) is 20.9. The van der Waals surface area contributed by atoms with Gasteiger partial charge in [-0.1, -0.05) is 17.7 Å². The summed E-state index contributed by atoms with van der Waals surface area (Å²) in [4.78, 5) is 23.7. The fourth-order valence-electron chi connectivity index (χ4n) is 2.53. The zero-order chi connectivity index (χ0) is 20.9. The fourth-order valence-corrected chi connectivity index (χ4v) is 3.96. The lowest BCUT2D eigenvalue weighted by atomic mass is 10.3. The molecule has 3 rings (SSSR count). The number of carbonyl (C=O) groups excluding carboxylic acids is 2. The second kappa shape index (κ2) is 9.15. The molecule has 0 aliphatic carbocycles. The van der Waals surface area contributed by atoms with Crippen molar-refractivity contribution in [2.45, 2.75) is 11.3 Å². The number of hydrogen-bond donors (Lipinski definition) is 1. The maximum atomic E-state index is 12.4. The number of anilines is 1. The van der Waals surface area contributed by atoms with Gasteiger partial charge in [0.05, 0.1) is 17.1 Å². The number of carbonyl (C=O) groups is 2. The van der Waals surface area contributed by atoms with Crippen LogP contribution in [0.25, 0.3) is 0 Å². The van der Waals surface area contributed by atoms with Crippen LogP contribution in [0.2, 0.25) is 5.02 Å². The molecule has 0 bridgehead atoms. The quantitative estimate of drug-likeness (QED) is 0.660. The summed E-state index contributed by atoms with van der Waals surface area (Å²) in [5, 5.41) is 2.97. The summed E-state index contributed by atoms with van der Waals surface area (Å²) >= 11 is 5.82. The third-order valence-corrected chi connectivity index (χ3v) is 5.87. The number of halogens is 1. The van der Waals surface area contributed by atoms with Crippen LogP contribution in [-0.2, 0) is 24.2 Å². The molecule has 0 spiro atoms. The molecule has 1 N–H and O–H groups in total. The third kappa shape index (κ3) is 5.85. The maximum Gasteiger partial charge on any atom is 0.307 e. The lowest BCUT2D eigenvalue weighted by molar-refractivity contribution is -0.146. The number of esters is 1. The Morgan fingerprint density at radius 3 is 2.59 bits per heavy atom. The average molecular weight is 440 g/mol. The van der Waals surface area contributed by atoms with Gasteiger partial charge in [0.1, 0.15) is 13.2 Å². The van der Waals surface area contributed by atoms with Gasteiger partial charge in [0.2, 0.25) is 0 Å². The minimum atomic E-state index is -3.73. The zero-order valence-corrected chi connectivity index (χ0v) is 16.8. The van der Waals surface area contributed by atoms with Crippen molar-refractivity contribution in [2.24, 2.45) is 0 Å². The number of fused-ring (bicyclic) bond motifs is 1. The van der Waals surface area contributed by atoms with E-state index < -0.39 is 34.1 Å². The first-order chi connectivity index (χ1) is 13.8. The second-order valence-electron chi connectivity index (χ2n) is 6.09. The largest absolute Gasteiger partial charge is 0.486 e. The van der Waals surface area contributed by atoms with E-state index in [1.807, 2.05) is 0 Å². The van der Waals surface area contributed by atoms with Crippen LogP contribution in [0.4, 0.5) is 5.69 Å². The SMILES string of the molecule is O=C(COC(=O)CCS(=O)(=O)c1ccc2c(c1)OCCO2)Nc1cccc(Cl)c1. The van der Waals surface area contributed by atoms with Crippen molar-refractivity contribution < 1.29 is 32.2 Å². The molecule has 0 atom stereocenters. The number of benzene rings is 2. The maximum absolute atomic E-state index is 12.4. The molecule has 0 aromatic heterocycles. The van der Waals surface area contributed by atoms with Crippen molar-refractivity contribution in [3.63, 3.8) is 0 Å². The molecule has 1 amide bonds. The number of sulfone groups is 1. The van der Waals surface area contributed by atoms with E-state index in [2.05, 4.69) is 5.32 Å². The van der Waals surface area contributed by atoms with Crippen LogP contribution in [0.3, 0.4) is 0 Å². The summed E-state index contributed by atoms with van der Waals surface area (Å²) in [6, 6.07) is 10.8. The lowest BCUT2D eigenvalue weighted by Crippen LogP contribution is -2.22. The summed E-state index contributed by atoms with van der Waals surface area (Å²) < 4.78 is 40.4. The highest BCUT2D eigenvalue weighted by molar-refractivity contribution is 7.91. The molecule has 10 heteroatoms. The molecule has 2 aromatic carbocycles. The van der Waals surface area contributed by atoms with Crippen LogP contribution in [0.5, 0.6) is 11.5 Å². The number of nitrogens with one attached hydrogen (secondary N) is 1. The van der Waals surface area contributed by atoms with Crippen molar-refractivity contribution in [2.75, 3.05) is 30.9 Å². The molecule has 154 valence electrons. The van der Waals surface area contributed by atoms with E-state index in [0.29, 0.717) is 35.4 Å². The van der Waals surface area contributed by atoms with E-state index in [-0.39, 0.29) is 11.3 Å². The fraction of sp³-hybridized carbons (Fsp3) is 0.263. The Morgan fingerprint density at radius 2 is 1.83 bits per heavy atom. The Hall–Kier alpha value is -2.78. The van der Waals surface area contributed by atoms with E-state index in [9.17, 15) is 18.0 Å². The predicted molar refractivity (Wildman–Crippen MR) is 105 cm³/mol. The molecule has 0 saturated carbocycles. The number of amides is 1. The molecule has 29 heavy (non-hydrogen) atoms. The summed E-state index contributed by atoms with van der Waals surface area (Å²) in [6.07, 6.45) is -0.388. The van der Waals surface area contributed by atoms with Crippen molar-refractivity contribution in [1.29, 1.82) is 0 Å². The van der Waals surface area contributed by atoms with E-state index in [1.165, 1.54) is 18.2 Å². The number of hydrogen-bond acceptors (Lipinski definition) is 7. The van der Waals surface area contributed by atoms with Crippen LogP contribution < -0.4 is 14.8 Å². The van der Waals surface area contributed by atoms with Gasteiger partial charge in [0.25, 0.3) is 5.91 Å². The van der Waals surface area contributed by atoms with Gasteiger partial charge in [-0.15, -0.1) is 0 Å². The van der Waals surface area contributed by atoms with Gasteiger partial charge in [0.15, 0.2) is 27.9 Å². The van der Waals surface area contributed by atoms with E-state index in [0.717, 1.165) is 0 Å². The molecule has 2 aromatic rings. The highest BCUT2D eigenvalue weighted by Crippen LogP contribution is 2.32. The summed E-state index contributed by atoms with van der Waals surface area (Å²) in [6.45, 7) is 0.200. The molecule has 0 unspecified atom stereocenters. The van der Waals surface area contributed by atoms with Gasteiger partial charge in [-0.25, -0.2) is 8.42 Å². The van der Waals surface area contributed by atoms with Crippen molar-refractivity contribution >= 4 is 39.0 Å². The van der Waals surface area contributed by atoms with Gasteiger partial charge < -0.3 is 19.5 Å². The third-order valence-electron chi connectivity index (χ3n) is 3.92. The topological polar surface area (TPSA) is 108 Å². The van der Waals surface area contributed by atoms with Gasteiger partial charge in [-0.3, -0.25) is 9.59 Å². The van der Waals surface area contributed by atoms with Crippen molar-refractivity contribution in [3.8, 4) is 11.5 Å². The zero-order valence-electron chi connectivity index (χ0n) is 15.2. The van der Waals surface area contributed by atoms with Crippen molar-refractivity contribution in [1.82, 2.24) is 0 Å². The average Bonchev–Trinajstić information content (AvgIpc) is 2.70. The second-order valence-corrected chi connectivity index (χ2v) is 8.64. The van der Waals surface area contributed by atoms with Gasteiger partial charge >= 0.3 is 5.97 Å². The van der Waals surface area contributed by atoms with Crippen LogP contribution in [0.1, 0.15) is 6.42 Å². The van der Waals surface area contributed by atoms with E-state index in [4.69, 9.17) is 25.8 Å². The van der Waals surface area contributed by atoms with E-state index in [1.54, 1.807) is 24.3 Å². The molecule has 0 saturated heterocycles. The molecule has 0 fully saturated rings. The lowest BCUT2D eigenvalue weighted by Gasteiger charge is -2.18. The molecule has 1 aliphatic rings. The summed E-state index contributed by atoms with van der Waals surface area (Å²) in [5.74, 6) is -0.998. The van der Waals surface area contributed by atoms with Gasteiger partial charge in [-0.2, -0.15) is 0 Å². The first-order valence-electron chi connectivity index (χ1n) is 8.67. The molecular formula is C19H18ClNO7S. The number of rotatable bonds is 7. The van der Waals surface area contributed by atoms with Gasteiger partial charge in [-0.05, 0) is 30.3 Å². The number of ether oxygens (including phenoxy) is 3. The smallest absolute Gasteiger partial charge is 0.307 e. The van der Waals surface area contributed by atoms with Crippen LogP contribution in [0.15, 0.2) is 47.4 Å². The standard InChI is InChI=1S/C19H18ClNO7S/c20-13-2-1-3-14(10-13)21-18(22)12-28-19(23)6-9-29(24,25)15-4-5-16-17(11-15)27-8-7-26-16/h1-5,10-11H,6-9,12H2,(H,21,22). The monoisotopic (exact) mass is 439 g/mol. The van der Waals surface area contributed by atoms with Crippen LogP contribution in [0, 0.1) is 0 Å². The minimum absolute atomic E-state index is 0.0215.